The number of rotatable bonds is 7. The molecule has 0 saturated carbocycles. The van der Waals surface area contributed by atoms with Crippen LogP contribution >= 0.6 is 11.8 Å². The molecular weight excluding hydrogens is 455 g/mol. The normalized spacial score (nSPS) is 11.5. The van der Waals surface area contributed by atoms with Gasteiger partial charge in [0.2, 0.25) is 5.91 Å². The lowest BCUT2D eigenvalue weighted by Gasteiger charge is -2.14. The van der Waals surface area contributed by atoms with Crippen LogP contribution in [0.4, 0.5) is 18.9 Å². The maximum Gasteiger partial charge on any atom is 0.416 e. The number of alkyl halides is 3. The Hall–Kier alpha value is -3.67. The Labute approximate surface area is 190 Å². The highest BCUT2D eigenvalue weighted by Gasteiger charge is 2.31. The molecule has 0 aliphatic heterocycles. The van der Waals surface area contributed by atoms with Gasteiger partial charge in [-0.25, -0.2) is 9.67 Å². The molecule has 2 aromatic heterocycles. The number of hydrogen-bond acceptors (Lipinski definition) is 6. The van der Waals surface area contributed by atoms with Crippen molar-refractivity contribution in [2.45, 2.75) is 24.8 Å². The maximum absolute atomic E-state index is 13.2. The summed E-state index contributed by atoms with van der Waals surface area (Å²) in [7, 11) is 0. The second-order valence-corrected chi connectivity index (χ2v) is 7.77. The molecule has 0 aliphatic carbocycles. The van der Waals surface area contributed by atoms with Gasteiger partial charge in [-0.15, -0.1) is 10.2 Å². The SMILES string of the molecule is CCn1c(SCC(=O)Nc2cc(C(F)(F)F)ccc2-n2cncn2)nnc1-c1ccccc1. The van der Waals surface area contributed by atoms with E-state index >= 15 is 0 Å². The zero-order valence-electron chi connectivity index (χ0n) is 17.3. The van der Waals surface area contributed by atoms with Crippen molar-refractivity contribution in [1.29, 1.82) is 0 Å². The average molecular weight is 473 g/mol. The number of hydrogen-bond donors (Lipinski definition) is 1. The molecule has 0 radical (unpaired) electrons. The second-order valence-electron chi connectivity index (χ2n) is 6.82. The minimum absolute atomic E-state index is 0.0251. The molecule has 8 nitrogen and oxygen atoms in total. The van der Waals surface area contributed by atoms with E-state index in [1.165, 1.54) is 23.4 Å². The monoisotopic (exact) mass is 473 g/mol. The molecule has 1 N–H and O–H groups in total. The topological polar surface area (TPSA) is 90.5 Å². The molecule has 33 heavy (non-hydrogen) atoms. The van der Waals surface area contributed by atoms with E-state index in [-0.39, 0.29) is 17.1 Å². The van der Waals surface area contributed by atoms with Crippen LogP contribution in [0.5, 0.6) is 0 Å². The van der Waals surface area contributed by atoms with E-state index < -0.39 is 17.6 Å². The van der Waals surface area contributed by atoms with E-state index in [0.717, 1.165) is 29.5 Å². The third kappa shape index (κ3) is 5.06. The van der Waals surface area contributed by atoms with Gasteiger partial charge in [0, 0.05) is 12.1 Å². The van der Waals surface area contributed by atoms with Crippen molar-refractivity contribution in [3.63, 3.8) is 0 Å². The van der Waals surface area contributed by atoms with Crippen molar-refractivity contribution in [1.82, 2.24) is 29.5 Å². The van der Waals surface area contributed by atoms with E-state index in [9.17, 15) is 18.0 Å². The number of nitrogens with zero attached hydrogens (tertiary/aromatic N) is 6. The Morgan fingerprint density at radius 2 is 1.91 bits per heavy atom. The van der Waals surface area contributed by atoms with Gasteiger partial charge in [-0.05, 0) is 25.1 Å². The standard InChI is InChI=1S/C21H18F3N7OS/c1-2-30-19(14-6-4-3-5-7-14)28-29-20(30)33-11-18(32)27-16-10-15(21(22,23)24)8-9-17(16)31-13-25-12-26-31/h3-10,12-13H,2,11H2,1H3,(H,27,32). The summed E-state index contributed by atoms with van der Waals surface area (Å²) in [6, 6.07) is 12.6. The quantitative estimate of drug-likeness (QED) is 0.403. The third-order valence-corrected chi connectivity index (χ3v) is 5.63. The number of anilines is 1. The van der Waals surface area contributed by atoms with Gasteiger partial charge >= 0.3 is 6.18 Å². The Balaban J connectivity index is 1.52. The molecule has 2 aromatic carbocycles. The van der Waals surface area contributed by atoms with E-state index in [0.29, 0.717) is 17.5 Å². The number of nitrogens with one attached hydrogen (secondary N) is 1. The van der Waals surface area contributed by atoms with Crippen molar-refractivity contribution in [2.75, 3.05) is 11.1 Å². The van der Waals surface area contributed by atoms with E-state index in [4.69, 9.17) is 0 Å². The van der Waals surface area contributed by atoms with Crippen LogP contribution in [0.1, 0.15) is 12.5 Å². The van der Waals surface area contributed by atoms with Gasteiger partial charge in [0.25, 0.3) is 0 Å². The fraction of sp³-hybridized carbons (Fsp3) is 0.190. The molecule has 0 unspecified atom stereocenters. The Kier molecular flexibility index (Phi) is 6.45. The lowest BCUT2D eigenvalue weighted by atomic mass is 10.1. The number of amides is 1. The fourth-order valence-electron chi connectivity index (χ4n) is 3.14. The van der Waals surface area contributed by atoms with E-state index in [1.807, 2.05) is 41.8 Å². The van der Waals surface area contributed by atoms with Gasteiger partial charge in [-0.2, -0.15) is 18.3 Å². The lowest BCUT2D eigenvalue weighted by Crippen LogP contribution is -2.17. The number of benzene rings is 2. The minimum Gasteiger partial charge on any atom is -0.323 e. The molecule has 0 aliphatic rings. The fourth-order valence-corrected chi connectivity index (χ4v) is 3.94. The first-order chi connectivity index (χ1) is 15.9. The molecule has 1 amide bonds. The molecule has 4 rings (SSSR count). The Morgan fingerprint density at radius 3 is 2.58 bits per heavy atom. The number of aromatic nitrogens is 6. The van der Waals surface area contributed by atoms with E-state index in [2.05, 4.69) is 25.6 Å². The first-order valence-corrected chi connectivity index (χ1v) is 10.8. The summed E-state index contributed by atoms with van der Waals surface area (Å²) in [5.74, 6) is 0.111. The van der Waals surface area contributed by atoms with Crippen LogP contribution in [0, 0.1) is 0 Å². The number of halogens is 3. The first-order valence-electron chi connectivity index (χ1n) is 9.84. The third-order valence-electron chi connectivity index (χ3n) is 4.66. The van der Waals surface area contributed by atoms with Crippen LogP contribution in [-0.2, 0) is 17.5 Å². The smallest absolute Gasteiger partial charge is 0.323 e. The highest BCUT2D eigenvalue weighted by Crippen LogP contribution is 2.33. The summed E-state index contributed by atoms with van der Waals surface area (Å²) >= 11 is 1.15. The molecule has 12 heteroatoms. The van der Waals surface area contributed by atoms with Crippen LogP contribution in [0.3, 0.4) is 0 Å². The van der Waals surface area contributed by atoms with Crippen LogP contribution in [0.25, 0.3) is 17.1 Å². The zero-order valence-corrected chi connectivity index (χ0v) is 18.1. The van der Waals surface area contributed by atoms with Gasteiger partial charge in [0.1, 0.15) is 12.7 Å². The van der Waals surface area contributed by atoms with Gasteiger partial charge in [0.05, 0.1) is 22.7 Å². The highest BCUT2D eigenvalue weighted by atomic mass is 32.2. The van der Waals surface area contributed by atoms with Crippen LogP contribution < -0.4 is 5.32 Å². The molecule has 0 spiro atoms. The molecule has 0 bridgehead atoms. The molecule has 170 valence electrons. The lowest BCUT2D eigenvalue weighted by molar-refractivity contribution is -0.137. The van der Waals surface area contributed by atoms with Crippen LogP contribution in [0.2, 0.25) is 0 Å². The van der Waals surface area contributed by atoms with Crippen LogP contribution in [0.15, 0.2) is 66.3 Å². The highest BCUT2D eigenvalue weighted by molar-refractivity contribution is 7.99. The zero-order chi connectivity index (χ0) is 23.4. The average Bonchev–Trinajstić information content (AvgIpc) is 3.47. The second kappa shape index (κ2) is 9.45. The summed E-state index contributed by atoms with van der Waals surface area (Å²) in [6.45, 7) is 2.53. The van der Waals surface area contributed by atoms with Gasteiger partial charge in [-0.3, -0.25) is 4.79 Å². The first kappa shape index (κ1) is 22.5. The Morgan fingerprint density at radius 1 is 1.12 bits per heavy atom. The minimum atomic E-state index is -4.56. The summed E-state index contributed by atoms with van der Waals surface area (Å²) in [6.07, 6.45) is -1.97. The van der Waals surface area contributed by atoms with Crippen molar-refractivity contribution >= 4 is 23.4 Å². The predicted molar refractivity (Wildman–Crippen MR) is 117 cm³/mol. The molecule has 0 fully saturated rings. The van der Waals surface area contributed by atoms with Gasteiger partial charge in [0.15, 0.2) is 11.0 Å². The van der Waals surface area contributed by atoms with Crippen molar-refractivity contribution in [3.05, 3.63) is 66.7 Å². The predicted octanol–water partition coefficient (Wildman–Crippen LogP) is 4.30. The maximum atomic E-state index is 13.2. The summed E-state index contributed by atoms with van der Waals surface area (Å²) in [4.78, 5) is 16.4. The molecule has 0 atom stereocenters. The largest absolute Gasteiger partial charge is 0.416 e. The van der Waals surface area contributed by atoms with Crippen molar-refractivity contribution in [2.24, 2.45) is 0 Å². The van der Waals surface area contributed by atoms with Crippen molar-refractivity contribution < 1.29 is 18.0 Å². The summed E-state index contributed by atoms with van der Waals surface area (Å²) < 4.78 is 42.8. The molecule has 2 heterocycles. The number of carbonyl (C=O) groups is 1. The van der Waals surface area contributed by atoms with E-state index in [1.54, 1.807) is 0 Å². The number of carbonyl (C=O) groups excluding carboxylic acids is 1. The molecule has 4 aromatic rings. The number of thioether (sulfide) groups is 1. The van der Waals surface area contributed by atoms with Crippen molar-refractivity contribution in [3.8, 4) is 17.1 Å². The van der Waals surface area contributed by atoms with Crippen LogP contribution in [-0.4, -0.2) is 41.2 Å². The van der Waals surface area contributed by atoms with Gasteiger partial charge < -0.3 is 9.88 Å². The summed E-state index contributed by atoms with van der Waals surface area (Å²) in [5.41, 5.74) is 0.252. The van der Waals surface area contributed by atoms with Gasteiger partial charge in [-0.1, -0.05) is 42.1 Å². The molecule has 0 saturated heterocycles. The summed E-state index contributed by atoms with van der Waals surface area (Å²) in [5, 5.41) is 15.4. The molecular formula is C21H18F3N7OS. The Bertz CT molecular complexity index is 1240.